The molecule has 0 aliphatic heterocycles. The molecule has 3 rings (SSSR count). The van der Waals surface area contributed by atoms with Crippen LogP contribution in [0, 0.1) is 11.3 Å². The van der Waals surface area contributed by atoms with Gasteiger partial charge in [0.2, 0.25) is 0 Å². The van der Waals surface area contributed by atoms with Crippen molar-refractivity contribution in [2.24, 2.45) is 0 Å². The Hall–Kier alpha value is -2.06. The van der Waals surface area contributed by atoms with Crippen molar-refractivity contribution >= 4 is 62.6 Å². The Morgan fingerprint density at radius 2 is 1.97 bits per heavy atom. The van der Waals surface area contributed by atoms with Crippen LogP contribution in [0.3, 0.4) is 0 Å². The minimum atomic E-state index is -4.53. The SMILES string of the molecule is N#Cc1c(Sc2ncc(C(F)(F)F)cc2Cl)nsc1/C=C/Nc1ccc(Br)cc1. The molecule has 1 N–H and O–H groups in total. The number of nitriles is 1. The molecule has 0 aliphatic carbocycles. The maximum Gasteiger partial charge on any atom is 0.417 e. The van der Waals surface area contributed by atoms with Crippen molar-refractivity contribution in [1.82, 2.24) is 9.36 Å². The van der Waals surface area contributed by atoms with Gasteiger partial charge in [-0.3, -0.25) is 0 Å². The second-order valence-corrected chi connectivity index (χ2v) is 8.54. The highest BCUT2D eigenvalue weighted by Crippen LogP contribution is 2.38. The first-order chi connectivity index (χ1) is 13.8. The third-order valence-corrected chi connectivity index (χ3v) is 6.32. The molecule has 0 fully saturated rings. The summed E-state index contributed by atoms with van der Waals surface area (Å²) in [5, 5.41) is 12.9. The number of halogens is 5. The average Bonchev–Trinajstić information content (AvgIpc) is 3.05. The molecular formula is C18H9BrClF3N4S2. The van der Waals surface area contributed by atoms with E-state index < -0.39 is 11.7 Å². The predicted molar refractivity (Wildman–Crippen MR) is 112 cm³/mol. The van der Waals surface area contributed by atoms with Gasteiger partial charge in [0.1, 0.15) is 21.7 Å². The predicted octanol–water partition coefficient (Wildman–Crippen LogP) is 7.08. The van der Waals surface area contributed by atoms with Gasteiger partial charge in [-0.05, 0) is 59.7 Å². The summed E-state index contributed by atoms with van der Waals surface area (Å²) < 4.78 is 43.4. The van der Waals surface area contributed by atoms with E-state index in [0.29, 0.717) is 21.7 Å². The zero-order valence-electron chi connectivity index (χ0n) is 14.2. The van der Waals surface area contributed by atoms with E-state index in [0.717, 1.165) is 39.5 Å². The number of nitrogens with one attached hydrogen (secondary N) is 1. The molecule has 0 amide bonds. The first-order valence-corrected chi connectivity index (χ1v) is 10.5. The van der Waals surface area contributed by atoms with Crippen molar-refractivity contribution in [2.75, 3.05) is 5.32 Å². The van der Waals surface area contributed by atoms with E-state index in [4.69, 9.17) is 11.6 Å². The number of alkyl halides is 3. The molecule has 0 atom stereocenters. The lowest BCUT2D eigenvalue weighted by molar-refractivity contribution is -0.137. The normalized spacial score (nSPS) is 11.6. The Morgan fingerprint density at radius 1 is 1.24 bits per heavy atom. The molecule has 0 aliphatic rings. The maximum atomic E-state index is 12.7. The largest absolute Gasteiger partial charge is 0.417 e. The van der Waals surface area contributed by atoms with Crippen LogP contribution in [0.15, 0.2) is 57.3 Å². The van der Waals surface area contributed by atoms with Gasteiger partial charge >= 0.3 is 6.18 Å². The van der Waals surface area contributed by atoms with Crippen LogP contribution >= 0.6 is 50.8 Å². The summed E-state index contributed by atoms with van der Waals surface area (Å²) in [6, 6.07) is 10.4. The van der Waals surface area contributed by atoms with Gasteiger partial charge < -0.3 is 5.32 Å². The highest BCUT2D eigenvalue weighted by Gasteiger charge is 2.31. The summed E-state index contributed by atoms with van der Waals surface area (Å²) in [4.78, 5) is 4.37. The number of pyridine rings is 1. The number of anilines is 1. The summed E-state index contributed by atoms with van der Waals surface area (Å²) in [6.07, 6.45) is -0.451. The molecule has 11 heteroatoms. The zero-order valence-corrected chi connectivity index (χ0v) is 18.1. The second-order valence-electron chi connectivity index (χ2n) is 5.43. The molecule has 2 aromatic heterocycles. The van der Waals surface area contributed by atoms with Gasteiger partial charge in [-0.1, -0.05) is 27.5 Å². The average molecular weight is 518 g/mol. The minimum Gasteiger partial charge on any atom is -0.362 e. The van der Waals surface area contributed by atoms with Gasteiger partial charge in [-0.25, -0.2) is 4.98 Å². The standard InChI is InChI=1S/C18H9BrClF3N4S2/c19-11-1-3-12(4-2-11)25-6-5-15-13(8-24)16(27-29-15)28-17-14(20)7-10(9-26-17)18(21,22)23/h1-7,9,25H/b6-5+. The first-order valence-electron chi connectivity index (χ1n) is 7.77. The smallest absolute Gasteiger partial charge is 0.362 e. The Balaban J connectivity index is 1.77. The Morgan fingerprint density at radius 3 is 2.59 bits per heavy atom. The monoisotopic (exact) mass is 516 g/mol. The van der Waals surface area contributed by atoms with Crippen LogP contribution in [0.5, 0.6) is 0 Å². The van der Waals surface area contributed by atoms with E-state index in [-0.39, 0.29) is 10.0 Å². The van der Waals surface area contributed by atoms with Crippen molar-refractivity contribution < 1.29 is 13.2 Å². The third kappa shape index (κ3) is 5.51. The lowest BCUT2D eigenvalue weighted by atomic mass is 10.3. The van der Waals surface area contributed by atoms with Gasteiger partial charge in [-0.15, -0.1) is 0 Å². The number of aromatic nitrogens is 2. The molecule has 3 aromatic rings. The number of nitrogens with zero attached hydrogens (tertiary/aromatic N) is 3. The number of rotatable bonds is 5. The molecule has 0 saturated carbocycles. The highest BCUT2D eigenvalue weighted by molar-refractivity contribution is 9.10. The molecule has 29 heavy (non-hydrogen) atoms. The van der Waals surface area contributed by atoms with E-state index >= 15 is 0 Å². The van der Waals surface area contributed by atoms with E-state index in [1.807, 2.05) is 24.3 Å². The molecule has 0 radical (unpaired) electrons. The summed E-state index contributed by atoms with van der Waals surface area (Å²) in [5.41, 5.74) is 0.225. The molecule has 1 aromatic carbocycles. The number of benzene rings is 1. The summed E-state index contributed by atoms with van der Waals surface area (Å²) in [6.45, 7) is 0. The fraction of sp³-hybridized carbons (Fsp3) is 0.0556. The topological polar surface area (TPSA) is 61.6 Å². The third-order valence-electron chi connectivity index (χ3n) is 3.46. The fourth-order valence-corrected chi connectivity index (χ4v) is 4.29. The number of hydrogen-bond acceptors (Lipinski definition) is 6. The summed E-state index contributed by atoms with van der Waals surface area (Å²) >= 11 is 11.3. The zero-order chi connectivity index (χ0) is 21.0. The van der Waals surface area contributed by atoms with Gasteiger partial charge in [0.05, 0.1) is 15.5 Å². The Kier molecular flexibility index (Phi) is 6.85. The quantitative estimate of drug-likeness (QED) is 0.392. The molecule has 0 unspecified atom stereocenters. The van der Waals surface area contributed by atoms with Crippen molar-refractivity contribution in [3.63, 3.8) is 0 Å². The molecule has 0 saturated heterocycles. The van der Waals surface area contributed by atoms with Crippen molar-refractivity contribution in [3.8, 4) is 6.07 Å². The van der Waals surface area contributed by atoms with Crippen LogP contribution < -0.4 is 5.32 Å². The van der Waals surface area contributed by atoms with Crippen LogP contribution in [-0.2, 0) is 6.18 Å². The van der Waals surface area contributed by atoms with Crippen LogP contribution in [0.4, 0.5) is 18.9 Å². The van der Waals surface area contributed by atoms with Gasteiger partial charge in [0.25, 0.3) is 0 Å². The lowest BCUT2D eigenvalue weighted by Crippen LogP contribution is -2.05. The van der Waals surface area contributed by atoms with Crippen molar-refractivity contribution in [2.45, 2.75) is 16.2 Å². The second kappa shape index (κ2) is 9.17. The van der Waals surface area contributed by atoms with Crippen molar-refractivity contribution in [3.05, 3.63) is 68.2 Å². The van der Waals surface area contributed by atoms with E-state index in [9.17, 15) is 18.4 Å². The van der Waals surface area contributed by atoms with E-state index in [2.05, 4.69) is 36.7 Å². The Bertz CT molecular complexity index is 1090. The van der Waals surface area contributed by atoms with Crippen LogP contribution in [-0.4, -0.2) is 9.36 Å². The molecule has 2 heterocycles. The molecule has 4 nitrogen and oxygen atoms in total. The molecular weight excluding hydrogens is 509 g/mol. The maximum absolute atomic E-state index is 12.7. The summed E-state index contributed by atoms with van der Waals surface area (Å²) in [5.74, 6) is 0. The van der Waals surface area contributed by atoms with Gasteiger partial charge in [0, 0.05) is 22.6 Å². The molecule has 0 spiro atoms. The number of hydrogen-bond donors (Lipinski definition) is 1. The van der Waals surface area contributed by atoms with Gasteiger partial charge in [0.15, 0.2) is 0 Å². The van der Waals surface area contributed by atoms with E-state index in [1.54, 1.807) is 12.3 Å². The molecule has 148 valence electrons. The van der Waals surface area contributed by atoms with Crippen LogP contribution in [0.25, 0.3) is 6.08 Å². The minimum absolute atomic E-state index is 0.144. The molecule has 0 bridgehead atoms. The highest BCUT2D eigenvalue weighted by atomic mass is 79.9. The fourth-order valence-electron chi connectivity index (χ4n) is 2.08. The van der Waals surface area contributed by atoms with Crippen LogP contribution in [0.2, 0.25) is 5.02 Å². The summed E-state index contributed by atoms with van der Waals surface area (Å²) in [7, 11) is 0. The lowest BCUT2D eigenvalue weighted by Gasteiger charge is -2.08. The van der Waals surface area contributed by atoms with Crippen LogP contribution in [0.1, 0.15) is 16.0 Å². The first kappa shape index (κ1) is 21.6. The van der Waals surface area contributed by atoms with Crippen molar-refractivity contribution in [1.29, 1.82) is 5.26 Å². The van der Waals surface area contributed by atoms with Gasteiger partial charge in [-0.2, -0.15) is 22.8 Å². The van der Waals surface area contributed by atoms with E-state index in [1.165, 1.54) is 0 Å². The Labute approximate surface area is 185 Å².